The van der Waals surface area contributed by atoms with Crippen molar-refractivity contribution >= 4 is 21.9 Å². The minimum absolute atomic E-state index is 0.267. The highest BCUT2D eigenvalue weighted by molar-refractivity contribution is 6.08. The van der Waals surface area contributed by atoms with Gasteiger partial charge in [-0.25, -0.2) is 4.98 Å². The molecule has 4 heteroatoms. The molecule has 3 heterocycles. The molecule has 4 aromatic carbocycles. The van der Waals surface area contributed by atoms with Crippen molar-refractivity contribution in [1.82, 2.24) is 14.5 Å². The standard InChI is InChI=1S/C36H27N3O/c1-23-18-24(2)35(40)31(19-23)33-16-15-30-29-12-6-7-14-34(29)39(36(30)38-33)28-21-26(25-10-4-3-5-11-25)20-27(22-28)32-13-8-9-17-37-32/h3-22,40H,1-2H3. The van der Waals surface area contributed by atoms with Crippen LogP contribution < -0.4 is 0 Å². The molecular formula is C36H27N3O. The van der Waals surface area contributed by atoms with Crippen LogP contribution in [0.3, 0.4) is 0 Å². The Kier molecular flexibility index (Phi) is 5.67. The van der Waals surface area contributed by atoms with Crippen LogP contribution >= 0.6 is 0 Å². The molecule has 0 bridgehead atoms. The maximum atomic E-state index is 10.9. The monoisotopic (exact) mass is 517 g/mol. The lowest BCUT2D eigenvalue weighted by molar-refractivity contribution is 0.473. The molecule has 0 spiro atoms. The molecule has 4 nitrogen and oxygen atoms in total. The number of pyridine rings is 2. The minimum atomic E-state index is 0.267. The fourth-order valence-corrected chi connectivity index (χ4v) is 5.63. The average molecular weight is 518 g/mol. The number of fused-ring (bicyclic) bond motifs is 3. The van der Waals surface area contributed by atoms with Gasteiger partial charge in [0.25, 0.3) is 0 Å². The number of hydrogen-bond donors (Lipinski definition) is 1. The molecule has 0 radical (unpaired) electrons. The summed E-state index contributed by atoms with van der Waals surface area (Å²) in [6.07, 6.45) is 1.83. The lowest BCUT2D eigenvalue weighted by Gasteiger charge is -2.14. The zero-order valence-corrected chi connectivity index (χ0v) is 22.3. The normalized spacial score (nSPS) is 11.3. The molecule has 7 rings (SSSR count). The highest BCUT2D eigenvalue weighted by Crippen LogP contribution is 2.38. The van der Waals surface area contributed by atoms with Gasteiger partial charge in [-0.05, 0) is 90.7 Å². The molecule has 1 N–H and O–H groups in total. The van der Waals surface area contributed by atoms with Crippen LogP contribution in [0.15, 0.2) is 121 Å². The summed E-state index contributed by atoms with van der Waals surface area (Å²) in [5.41, 5.74) is 10.5. The van der Waals surface area contributed by atoms with Gasteiger partial charge in [-0.2, -0.15) is 0 Å². The van der Waals surface area contributed by atoms with E-state index < -0.39 is 0 Å². The number of rotatable bonds is 4. The van der Waals surface area contributed by atoms with Gasteiger partial charge >= 0.3 is 0 Å². The Hall–Kier alpha value is -5.22. The van der Waals surface area contributed by atoms with E-state index in [-0.39, 0.29) is 5.75 Å². The first-order valence-corrected chi connectivity index (χ1v) is 13.4. The van der Waals surface area contributed by atoms with E-state index >= 15 is 0 Å². The van der Waals surface area contributed by atoms with E-state index in [1.165, 1.54) is 0 Å². The second kappa shape index (κ2) is 9.51. The Morgan fingerprint density at radius 1 is 0.625 bits per heavy atom. The Morgan fingerprint density at radius 3 is 2.23 bits per heavy atom. The van der Waals surface area contributed by atoms with Crippen molar-refractivity contribution in [2.45, 2.75) is 13.8 Å². The van der Waals surface area contributed by atoms with E-state index in [4.69, 9.17) is 4.98 Å². The van der Waals surface area contributed by atoms with Gasteiger partial charge < -0.3 is 5.11 Å². The first-order chi connectivity index (χ1) is 19.6. The number of hydrogen-bond acceptors (Lipinski definition) is 3. The summed E-state index contributed by atoms with van der Waals surface area (Å²) in [5, 5.41) is 13.1. The number of benzene rings is 4. The lowest BCUT2D eigenvalue weighted by atomic mass is 10.00. The van der Waals surface area contributed by atoms with Gasteiger partial charge in [-0.1, -0.05) is 60.7 Å². The number of phenols is 1. The van der Waals surface area contributed by atoms with E-state index in [0.29, 0.717) is 0 Å². The summed E-state index contributed by atoms with van der Waals surface area (Å²) in [6.45, 7) is 3.97. The molecular weight excluding hydrogens is 490 g/mol. The molecule has 192 valence electrons. The van der Waals surface area contributed by atoms with Crippen LogP contribution in [-0.4, -0.2) is 19.6 Å². The van der Waals surface area contributed by atoms with Gasteiger partial charge in [-0.3, -0.25) is 9.55 Å². The molecule has 0 amide bonds. The van der Waals surface area contributed by atoms with Crippen molar-refractivity contribution in [2.24, 2.45) is 0 Å². The first-order valence-electron chi connectivity index (χ1n) is 13.4. The van der Waals surface area contributed by atoms with Crippen molar-refractivity contribution in [1.29, 1.82) is 0 Å². The SMILES string of the molecule is Cc1cc(C)c(O)c(-c2ccc3c4ccccc4n(-c4cc(-c5ccccc5)cc(-c5ccccn5)c4)c3n2)c1. The maximum absolute atomic E-state index is 10.9. The Morgan fingerprint density at radius 2 is 1.40 bits per heavy atom. The summed E-state index contributed by atoms with van der Waals surface area (Å²) in [4.78, 5) is 9.85. The van der Waals surface area contributed by atoms with Gasteiger partial charge in [-0.15, -0.1) is 0 Å². The number of aromatic hydroxyl groups is 1. The summed E-state index contributed by atoms with van der Waals surface area (Å²) in [6, 6.07) is 39.5. The highest BCUT2D eigenvalue weighted by Gasteiger charge is 2.18. The van der Waals surface area contributed by atoms with Crippen LogP contribution in [0, 0.1) is 13.8 Å². The van der Waals surface area contributed by atoms with Crippen LogP contribution in [-0.2, 0) is 0 Å². The summed E-state index contributed by atoms with van der Waals surface area (Å²) >= 11 is 0. The summed E-state index contributed by atoms with van der Waals surface area (Å²) in [7, 11) is 0. The smallest absolute Gasteiger partial charge is 0.146 e. The molecule has 0 atom stereocenters. The quantitative estimate of drug-likeness (QED) is 0.254. The van der Waals surface area contributed by atoms with E-state index in [2.05, 4.69) is 82.3 Å². The maximum Gasteiger partial charge on any atom is 0.146 e. The molecule has 3 aromatic heterocycles. The third-order valence-electron chi connectivity index (χ3n) is 7.49. The second-order valence-electron chi connectivity index (χ2n) is 10.2. The van der Waals surface area contributed by atoms with Crippen molar-refractivity contribution in [3.05, 3.63) is 133 Å². The molecule has 0 saturated carbocycles. The van der Waals surface area contributed by atoms with Gasteiger partial charge in [0.15, 0.2) is 0 Å². The topological polar surface area (TPSA) is 50.9 Å². The highest BCUT2D eigenvalue weighted by atomic mass is 16.3. The molecule has 7 aromatic rings. The van der Waals surface area contributed by atoms with E-state index in [9.17, 15) is 5.11 Å². The molecule has 0 unspecified atom stereocenters. The van der Waals surface area contributed by atoms with Crippen molar-refractivity contribution in [3.63, 3.8) is 0 Å². The first kappa shape index (κ1) is 23.9. The van der Waals surface area contributed by atoms with Gasteiger partial charge in [0, 0.05) is 33.8 Å². The third kappa shape index (κ3) is 4.02. The predicted octanol–water partition coefficient (Wildman–Crippen LogP) is 8.90. The Bertz CT molecular complexity index is 1970. The largest absolute Gasteiger partial charge is 0.507 e. The van der Waals surface area contributed by atoms with E-state index in [0.717, 1.165) is 72.4 Å². The van der Waals surface area contributed by atoms with Crippen LogP contribution in [0.4, 0.5) is 0 Å². The number of para-hydroxylation sites is 1. The van der Waals surface area contributed by atoms with Crippen LogP contribution in [0.1, 0.15) is 11.1 Å². The van der Waals surface area contributed by atoms with E-state index in [1.54, 1.807) is 0 Å². The van der Waals surface area contributed by atoms with Crippen LogP contribution in [0.2, 0.25) is 0 Å². The third-order valence-corrected chi connectivity index (χ3v) is 7.49. The molecule has 0 fully saturated rings. The lowest BCUT2D eigenvalue weighted by Crippen LogP contribution is -1.98. The van der Waals surface area contributed by atoms with Crippen molar-refractivity contribution in [3.8, 4) is 45.1 Å². The van der Waals surface area contributed by atoms with Crippen LogP contribution in [0.5, 0.6) is 5.75 Å². The molecule has 0 aliphatic rings. The molecule has 0 aliphatic carbocycles. The molecule has 0 saturated heterocycles. The second-order valence-corrected chi connectivity index (χ2v) is 10.2. The Balaban J connectivity index is 1.54. The van der Waals surface area contributed by atoms with Gasteiger partial charge in [0.05, 0.1) is 16.9 Å². The number of phenolic OH excluding ortho intramolecular Hbond substituents is 1. The fraction of sp³-hybridized carbons (Fsp3) is 0.0556. The molecule has 40 heavy (non-hydrogen) atoms. The van der Waals surface area contributed by atoms with E-state index in [1.807, 2.05) is 62.5 Å². The predicted molar refractivity (Wildman–Crippen MR) is 164 cm³/mol. The van der Waals surface area contributed by atoms with Crippen molar-refractivity contribution in [2.75, 3.05) is 0 Å². The number of aryl methyl sites for hydroxylation is 2. The molecule has 0 aliphatic heterocycles. The van der Waals surface area contributed by atoms with Gasteiger partial charge in [0.1, 0.15) is 11.4 Å². The minimum Gasteiger partial charge on any atom is -0.507 e. The zero-order chi connectivity index (χ0) is 27.2. The van der Waals surface area contributed by atoms with Crippen LogP contribution in [0.25, 0.3) is 61.3 Å². The van der Waals surface area contributed by atoms with Crippen molar-refractivity contribution < 1.29 is 5.11 Å². The average Bonchev–Trinajstić information content (AvgIpc) is 3.33. The van der Waals surface area contributed by atoms with Gasteiger partial charge in [0.2, 0.25) is 0 Å². The summed E-state index contributed by atoms with van der Waals surface area (Å²) in [5.74, 6) is 0.267. The Labute approximate surface area is 232 Å². The number of nitrogens with zero attached hydrogens (tertiary/aromatic N) is 3. The number of aromatic nitrogens is 3. The fourth-order valence-electron chi connectivity index (χ4n) is 5.63. The zero-order valence-electron chi connectivity index (χ0n) is 22.3. The summed E-state index contributed by atoms with van der Waals surface area (Å²) < 4.78 is 2.23.